The van der Waals surface area contributed by atoms with Gasteiger partial charge in [0.2, 0.25) is 0 Å². The van der Waals surface area contributed by atoms with Crippen LogP contribution in [0.4, 0.5) is 0 Å². The molecular formula is C11H18N4. The molecule has 1 aromatic rings. The summed E-state index contributed by atoms with van der Waals surface area (Å²) >= 11 is 0. The van der Waals surface area contributed by atoms with E-state index in [1.54, 1.807) is 0 Å². The average Bonchev–Trinajstić information content (AvgIpc) is 2.60. The zero-order valence-electron chi connectivity index (χ0n) is 9.57. The lowest BCUT2D eigenvalue weighted by Gasteiger charge is -2.13. The summed E-state index contributed by atoms with van der Waals surface area (Å²) in [6.07, 6.45) is 2.13. The number of hydrogen-bond donors (Lipinski definition) is 1. The molecule has 2 fully saturated rings. The summed E-state index contributed by atoms with van der Waals surface area (Å²) in [7, 11) is 0. The van der Waals surface area contributed by atoms with Gasteiger partial charge in [0.1, 0.15) is 0 Å². The third-order valence-electron chi connectivity index (χ3n) is 3.63. The first kappa shape index (κ1) is 9.33. The van der Waals surface area contributed by atoms with Crippen LogP contribution in [0.5, 0.6) is 0 Å². The number of piperidine rings is 1. The van der Waals surface area contributed by atoms with Gasteiger partial charge in [-0.2, -0.15) is 0 Å². The Kier molecular flexibility index (Phi) is 1.75. The maximum absolute atomic E-state index is 4.27. The van der Waals surface area contributed by atoms with E-state index in [2.05, 4.69) is 47.3 Å². The predicted molar refractivity (Wildman–Crippen MR) is 57.6 cm³/mol. The summed E-state index contributed by atoms with van der Waals surface area (Å²) in [4.78, 5) is 0. The molecule has 1 saturated carbocycles. The highest BCUT2D eigenvalue weighted by Gasteiger charge is 2.54. The molecule has 1 unspecified atom stereocenters. The molecule has 1 aliphatic heterocycles. The molecule has 4 nitrogen and oxygen atoms in total. The summed E-state index contributed by atoms with van der Waals surface area (Å²) in [5, 5.41) is 11.9. The maximum atomic E-state index is 4.27. The van der Waals surface area contributed by atoms with Gasteiger partial charge < -0.3 is 5.32 Å². The van der Waals surface area contributed by atoms with Crippen molar-refractivity contribution >= 4 is 0 Å². The molecule has 0 aromatic carbocycles. The van der Waals surface area contributed by atoms with E-state index >= 15 is 0 Å². The highest BCUT2D eigenvalue weighted by Crippen LogP contribution is 2.52. The van der Waals surface area contributed by atoms with Crippen LogP contribution in [0.25, 0.3) is 0 Å². The fourth-order valence-corrected chi connectivity index (χ4v) is 2.54. The molecule has 0 amide bonds. The van der Waals surface area contributed by atoms with Gasteiger partial charge in [-0.3, -0.25) is 0 Å². The van der Waals surface area contributed by atoms with Crippen LogP contribution >= 0.6 is 0 Å². The predicted octanol–water partition coefficient (Wildman–Crippen LogP) is 0.966. The van der Waals surface area contributed by atoms with Crippen LogP contribution < -0.4 is 5.32 Å². The first-order valence-corrected chi connectivity index (χ1v) is 5.70. The van der Waals surface area contributed by atoms with E-state index < -0.39 is 0 Å². The van der Waals surface area contributed by atoms with Gasteiger partial charge >= 0.3 is 0 Å². The van der Waals surface area contributed by atoms with Gasteiger partial charge in [-0.1, -0.05) is 26.0 Å². The highest BCUT2D eigenvalue weighted by molar-refractivity contribution is 5.12. The van der Waals surface area contributed by atoms with Crippen LogP contribution in [-0.4, -0.2) is 28.1 Å². The van der Waals surface area contributed by atoms with E-state index in [4.69, 9.17) is 0 Å². The molecule has 82 valence electrons. The average molecular weight is 206 g/mol. The van der Waals surface area contributed by atoms with E-state index in [9.17, 15) is 0 Å². The molecule has 0 spiro atoms. The van der Waals surface area contributed by atoms with Gasteiger partial charge in [-0.25, -0.2) is 4.68 Å². The first-order valence-electron chi connectivity index (χ1n) is 5.70. The third-order valence-corrected chi connectivity index (χ3v) is 3.63. The number of nitrogens with zero attached hydrogens (tertiary/aromatic N) is 3. The Bertz CT molecular complexity index is 366. The monoisotopic (exact) mass is 206 g/mol. The zero-order valence-corrected chi connectivity index (χ0v) is 9.57. The highest BCUT2D eigenvalue weighted by atomic mass is 15.5. The molecule has 2 aliphatic rings. The molecular weight excluding hydrogens is 188 g/mol. The van der Waals surface area contributed by atoms with Gasteiger partial charge in [-0.05, 0) is 0 Å². The van der Waals surface area contributed by atoms with E-state index in [0.717, 1.165) is 30.6 Å². The molecule has 3 atom stereocenters. The lowest BCUT2D eigenvalue weighted by molar-refractivity contribution is 0.509. The lowest BCUT2D eigenvalue weighted by atomic mass is 9.93. The number of nitrogens with one attached hydrogen (secondary N) is 1. The Labute approximate surface area is 90.0 Å². The van der Waals surface area contributed by atoms with E-state index in [-0.39, 0.29) is 5.41 Å². The van der Waals surface area contributed by atoms with Crippen LogP contribution in [0.3, 0.4) is 0 Å². The van der Waals surface area contributed by atoms with Crippen molar-refractivity contribution in [3.63, 3.8) is 0 Å². The van der Waals surface area contributed by atoms with Crippen LogP contribution in [0.1, 0.15) is 32.5 Å². The van der Waals surface area contributed by atoms with Crippen LogP contribution in [0.15, 0.2) is 6.20 Å². The van der Waals surface area contributed by atoms with E-state index in [0.29, 0.717) is 6.04 Å². The normalized spacial score (nSPS) is 34.2. The largest absolute Gasteiger partial charge is 0.316 e. The second-order valence-electron chi connectivity index (χ2n) is 5.81. The maximum Gasteiger partial charge on any atom is 0.0880 e. The molecule has 3 rings (SSSR count). The molecule has 1 saturated heterocycles. The summed E-state index contributed by atoms with van der Waals surface area (Å²) in [6.45, 7) is 8.84. The van der Waals surface area contributed by atoms with Crippen molar-refractivity contribution < 1.29 is 0 Å². The lowest BCUT2D eigenvalue weighted by Crippen LogP contribution is -2.17. The van der Waals surface area contributed by atoms with Crippen molar-refractivity contribution in [2.75, 3.05) is 13.1 Å². The molecule has 0 bridgehead atoms. The minimum absolute atomic E-state index is 0.112. The van der Waals surface area contributed by atoms with Crippen LogP contribution in [-0.2, 0) is 5.41 Å². The zero-order chi connectivity index (χ0) is 10.6. The Morgan fingerprint density at radius 3 is 2.53 bits per heavy atom. The van der Waals surface area contributed by atoms with Gasteiger partial charge in [-0.15, -0.1) is 5.10 Å². The van der Waals surface area contributed by atoms with E-state index in [1.165, 1.54) is 0 Å². The topological polar surface area (TPSA) is 42.7 Å². The third kappa shape index (κ3) is 1.39. The second kappa shape index (κ2) is 2.82. The fraction of sp³-hybridized carbons (Fsp3) is 0.818. The van der Waals surface area contributed by atoms with Crippen LogP contribution in [0.2, 0.25) is 0 Å². The van der Waals surface area contributed by atoms with Crippen molar-refractivity contribution in [3.8, 4) is 0 Å². The minimum Gasteiger partial charge on any atom is -0.316 e. The summed E-state index contributed by atoms with van der Waals surface area (Å²) < 4.78 is 2.08. The van der Waals surface area contributed by atoms with Crippen LogP contribution in [0, 0.1) is 11.8 Å². The summed E-state index contributed by atoms with van der Waals surface area (Å²) in [5.41, 5.74) is 1.21. The molecule has 15 heavy (non-hydrogen) atoms. The Morgan fingerprint density at radius 1 is 1.33 bits per heavy atom. The Morgan fingerprint density at radius 2 is 2.00 bits per heavy atom. The summed E-state index contributed by atoms with van der Waals surface area (Å²) in [6, 6.07) is 0.620. The van der Waals surface area contributed by atoms with E-state index in [1.807, 2.05) is 0 Å². The van der Waals surface area contributed by atoms with Gasteiger partial charge in [0, 0.05) is 36.5 Å². The fourth-order valence-electron chi connectivity index (χ4n) is 2.54. The van der Waals surface area contributed by atoms with Crippen molar-refractivity contribution in [3.05, 3.63) is 11.9 Å². The van der Waals surface area contributed by atoms with Gasteiger partial charge in [0.15, 0.2) is 0 Å². The van der Waals surface area contributed by atoms with Crippen molar-refractivity contribution in [1.29, 1.82) is 0 Å². The molecule has 0 radical (unpaired) electrons. The van der Waals surface area contributed by atoms with Gasteiger partial charge in [0.25, 0.3) is 0 Å². The number of fused-ring (bicyclic) bond motifs is 1. The van der Waals surface area contributed by atoms with Gasteiger partial charge in [0.05, 0.1) is 11.7 Å². The number of aromatic nitrogens is 3. The molecule has 2 heterocycles. The second-order valence-corrected chi connectivity index (χ2v) is 5.81. The Hall–Kier alpha value is -0.900. The molecule has 4 heteroatoms. The molecule has 1 aliphatic carbocycles. The number of hydrogen-bond acceptors (Lipinski definition) is 3. The molecule has 1 aromatic heterocycles. The number of rotatable bonds is 1. The summed E-state index contributed by atoms with van der Waals surface area (Å²) in [5.74, 6) is 1.61. The minimum atomic E-state index is 0.112. The van der Waals surface area contributed by atoms with Crippen molar-refractivity contribution in [1.82, 2.24) is 20.3 Å². The van der Waals surface area contributed by atoms with Crippen molar-refractivity contribution in [2.45, 2.75) is 32.2 Å². The molecule has 1 N–H and O–H groups in total. The standard InChI is InChI=1S/C11H18N4/c1-11(2,3)9-6-15(14-13-9)10-7-4-12-5-8(7)10/h6-8,10,12H,4-5H2,1-3H3/t7-,8+,10?. The Balaban J connectivity index is 1.81. The SMILES string of the molecule is CC(C)(C)c1cn(C2[C@H]3CNC[C@@H]23)nn1. The first-order chi connectivity index (χ1) is 7.07. The quantitative estimate of drug-likeness (QED) is 0.744. The smallest absolute Gasteiger partial charge is 0.0880 e. The van der Waals surface area contributed by atoms with Crippen molar-refractivity contribution in [2.24, 2.45) is 11.8 Å².